The summed E-state index contributed by atoms with van der Waals surface area (Å²) in [5, 5.41) is 4.32. The van der Waals surface area contributed by atoms with Crippen LogP contribution in [-0.2, 0) is 0 Å². The highest BCUT2D eigenvalue weighted by Crippen LogP contribution is 2.20. The zero-order valence-electron chi connectivity index (χ0n) is 12.3. The Hall–Kier alpha value is -2.88. The first kappa shape index (κ1) is 14.1. The molecule has 1 aromatic heterocycles. The molecule has 0 spiro atoms. The van der Waals surface area contributed by atoms with E-state index in [-0.39, 0.29) is 11.8 Å². The van der Waals surface area contributed by atoms with E-state index in [0.29, 0.717) is 16.8 Å². The molecule has 0 saturated carbocycles. The highest BCUT2D eigenvalue weighted by molar-refractivity contribution is 6.11. The van der Waals surface area contributed by atoms with Gasteiger partial charge in [0.15, 0.2) is 5.78 Å². The lowest BCUT2D eigenvalue weighted by atomic mass is 10.0. The third-order valence-electron chi connectivity index (χ3n) is 3.75. The number of hydrogen-bond acceptors (Lipinski definition) is 3. The molecule has 1 unspecified atom stereocenters. The predicted molar refractivity (Wildman–Crippen MR) is 86.8 cm³/mol. The van der Waals surface area contributed by atoms with Gasteiger partial charge in [0.1, 0.15) is 0 Å². The Kier molecular flexibility index (Phi) is 3.74. The van der Waals surface area contributed by atoms with Gasteiger partial charge in [0, 0.05) is 17.4 Å². The quantitative estimate of drug-likeness (QED) is 0.592. The Morgan fingerprint density at radius 1 is 1.09 bits per heavy atom. The van der Waals surface area contributed by atoms with Crippen LogP contribution in [0.1, 0.15) is 34.5 Å². The summed E-state index contributed by atoms with van der Waals surface area (Å²) in [5.74, 6) is -0.107. The van der Waals surface area contributed by atoms with E-state index in [4.69, 9.17) is 5.73 Å². The number of rotatable bonds is 4. The minimum absolute atomic E-state index is 0.0656. The average Bonchev–Trinajstić information content (AvgIpc) is 3.05. The summed E-state index contributed by atoms with van der Waals surface area (Å²) >= 11 is 0. The molecule has 4 heteroatoms. The highest BCUT2D eigenvalue weighted by Gasteiger charge is 2.16. The first-order chi connectivity index (χ1) is 10.7. The SMILES string of the molecule is CC(c1ccccc1)n1cc(C(=O)c2ccccc2N)cn1. The van der Waals surface area contributed by atoms with Gasteiger partial charge in [-0.05, 0) is 24.6 Å². The number of para-hydroxylation sites is 1. The monoisotopic (exact) mass is 291 g/mol. The van der Waals surface area contributed by atoms with E-state index in [9.17, 15) is 4.79 Å². The molecule has 0 aliphatic carbocycles. The molecule has 22 heavy (non-hydrogen) atoms. The highest BCUT2D eigenvalue weighted by atomic mass is 16.1. The molecule has 1 atom stereocenters. The molecule has 0 aliphatic heterocycles. The summed E-state index contributed by atoms with van der Waals surface area (Å²) in [6.45, 7) is 2.05. The molecule has 0 saturated heterocycles. The summed E-state index contributed by atoms with van der Waals surface area (Å²) in [6, 6.07) is 17.2. The Morgan fingerprint density at radius 2 is 1.77 bits per heavy atom. The number of aromatic nitrogens is 2. The number of nitrogen functional groups attached to an aromatic ring is 1. The smallest absolute Gasteiger partial charge is 0.198 e. The summed E-state index contributed by atoms with van der Waals surface area (Å²) < 4.78 is 1.79. The van der Waals surface area contributed by atoms with Gasteiger partial charge in [-0.1, -0.05) is 42.5 Å². The molecular formula is C18H17N3O. The molecule has 0 amide bonds. The second-order valence-electron chi connectivity index (χ2n) is 5.21. The van der Waals surface area contributed by atoms with Crippen molar-refractivity contribution < 1.29 is 4.79 Å². The van der Waals surface area contributed by atoms with Crippen molar-refractivity contribution in [1.82, 2.24) is 9.78 Å². The fraction of sp³-hybridized carbons (Fsp3) is 0.111. The zero-order valence-corrected chi connectivity index (χ0v) is 12.3. The number of carbonyl (C=O) groups excluding carboxylic acids is 1. The molecule has 0 aliphatic rings. The molecule has 0 bridgehead atoms. The van der Waals surface area contributed by atoms with Crippen LogP contribution in [0.3, 0.4) is 0 Å². The molecule has 0 fully saturated rings. The largest absolute Gasteiger partial charge is 0.398 e. The minimum atomic E-state index is -0.107. The van der Waals surface area contributed by atoms with E-state index in [1.54, 1.807) is 35.3 Å². The van der Waals surface area contributed by atoms with Gasteiger partial charge in [0.25, 0.3) is 0 Å². The van der Waals surface area contributed by atoms with Crippen LogP contribution < -0.4 is 5.73 Å². The van der Waals surface area contributed by atoms with Gasteiger partial charge < -0.3 is 5.73 Å². The maximum Gasteiger partial charge on any atom is 0.198 e. The van der Waals surface area contributed by atoms with Crippen molar-refractivity contribution in [2.24, 2.45) is 0 Å². The first-order valence-corrected chi connectivity index (χ1v) is 7.15. The van der Waals surface area contributed by atoms with E-state index in [2.05, 4.69) is 5.10 Å². The average molecular weight is 291 g/mol. The fourth-order valence-electron chi connectivity index (χ4n) is 2.41. The number of ketones is 1. The van der Waals surface area contributed by atoms with E-state index < -0.39 is 0 Å². The van der Waals surface area contributed by atoms with Gasteiger partial charge in [-0.15, -0.1) is 0 Å². The van der Waals surface area contributed by atoms with Crippen molar-refractivity contribution >= 4 is 11.5 Å². The van der Waals surface area contributed by atoms with Crippen LogP contribution in [0.4, 0.5) is 5.69 Å². The maximum absolute atomic E-state index is 12.5. The van der Waals surface area contributed by atoms with E-state index in [0.717, 1.165) is 5.56 Å². The number of anilines is 1. The Morgan fingerprint density at radius 3 is 2.50 bits per heavy atom. The first-order valence-electron chi connectivity index (χ1n) is 7.15. The second-order valence-corrected chi connectivity index (χ2v) is 5.21. The molecule has 3 aromatic rings. The van der Waals surface area contributed by atoms with E-state index in [1.807, 2.05) is 43.3 Å². The standard InChI is InChI=1S/C18H17N3O/c1-13(14-7-3-2-4-8-14)21-12-15(11-20-21)18(22)16-9-5-6-10-17(16)19/h2-13H,19H2,1H3. The number of nitrogens with two attached hydrogens (primary N) is 1. The number of benzene rings is 2. The lowest BCUT2D eigenvalue weighted by Gasteiger charge is -2.12. The zero-order chi connectivity index (χ0) is 15.5. The molecule has 3 rings (SSSR count). The third-order valence-corrected chi connectivity index (χ3v) is 3.75. The van der Waals surface area contributed by atoms with Crippen molar-refractivity contribution in [3.63, 3.8) is 0 Å². The van der Waals surface area contributed by atoms with Crippen LogP contribution in [-0.4, -0.2) is 15.6 Å². The topological polar surface area (TPSA) is 60.9 Å². The molecule has 1 heterocycles. The van der Waals surface area contributed by atoms with Crippen LogP contribution in [0.2, 0.25) is 0 Å². The molecule has 2 aromatic carbocycles. The van der Waals surface area contributed by atoms with Crippen molar-refractivity contribution in [1.29, 1.82) is 0 Å². The Bertz CT molecular complexity index is 793. The number of hydrogen-bond donors (Lipinski definition) is 1. The van der Waals surface area contributed by atoms with Crippen LogP contribution in [0, 0.1) is 0 Å². The normalized spacial score (nSPS) is 12.0. The van der Waals surface area contributed by atoms with E-state index >= 15 is 0 Å². The molecular weight excluding hydrogens is 274 g/mol. The molecule has 110 valence electrons. The maximum atomic E-state index is 12.5. The third kappa shape index (κ3) is 2.63. The van der Waals surface area contributed by atoms with Crippen LogP contribution in [0.5, 0.6) is 0 Å². The van der Waals surface area contributed by atoms with Crippen LogP contribution in [0.25, 0.3) is 0 Å². The van der Waals surface area contributed by atoms with Crippen LogP contribution >= 0.6 is 0 Å². The van der Waals surface area contributed by atoms with Gasteiger partial charge in [0.2, 0.25) is 0 Å². The Labute approximate surface area is 129 Å². The molecule has 2 N–H and O–H groups in total. The van der Waals surface area contributed by atoms with Gasteiger partial charge >= 0.3 is 0 Å². The fourth-order valence-corrected chi connectivity index (χ4v) is 2.41. The van der Waals surface area contributed by atoms with Crippen molar-refractivity contribution in [2.45, 2.75) is 13.0 Å². The van der Waals surface area contributed by atoms with Gasteiger partial charge in [-0.25, -0.2) is 0 Å². The van der Waals surface area contributed by atoms with Crippen molar-refractivity contribution in [2.75, 3.05) is 5.73 Å². The second kappa shape index (κ2) is 5.85. The Balaban J connectivity index is 1.88. The lowest BCUT2D eigenvalue weighted by Crippen LogP contribution is -2.07. The number of carbonyl (C=O) groups is 1. The van der Waals surface area contributed by atoms with Gasteiger partial charge in [-0.3, -0.25) is 9.48 Å². The van der Waals surface area contributed by atoms with Crippen molar-refractivity contribution in [3.8, 4) is 0 Å². The summed E-state index contributed by atoms with van der Waals surface area (Å²) in [7, 11) is 0. The summed E-state index contributed by atoms with van der Waals surface area (Å²) in [6.07, 6.45) is 3.36. The summed E-state index contributed by atoms with van der Waals surface area (Å²) in [5.41, 5.74) is 8.54. The van der Waals surface area contributed by atoms with Gasteiger partial charge in [-0.2, -0.15) is 5.10 Å². The van der Waals surface area contributed by atoms with E-state index in [1.165, 1.54) is 0 Å². The molecule has 0 radical (unpaired) electrons. The number of nitrogens with zero attached hydrogens (tertiary/aromatic N) is 2. The van der Waals surface area contributed by atoms with Crippen LogP contribution in [0.15, 0.2) is 67.0 Å². The van der Waals surface area contributed by atoms with Crippen molar-refractivity contribution in [3.05, 3.63) is 83.7 Å². The lowest BCUT2D eigenvalue weighted by molar-refractivity contribution is 0.103. The minimum Gasteiger partial charge on any atom is -0.398 e. The molecule has 4 nitrogen and oxygen atoms in total. The summed E-state index contributed by atoms with van der Waals surface area (Å²) in [4.78, 5) is 12.5. The predicted octanol–water partition coefficient (Wildman–Crippen LogP) is 3.31. The van der Waals surface area contributed by atoms with Gasteiger partial charge in [0.05, 0.1) is 17.8 Å².